The van der Waals surface area contributed by atoms with Crippen molar-refractivity contribution in [1.82, 2.24) is 15.5 Å². The number of aromatic amines is 1. The first-order valence-electron chi connectivity index (χ1n) is 10.3. The van der Waals surface area contributed by atoms with Crippen LogP contribution >= 0.6 is 11.6 Å². The molecule has 1 aromatic heterocycles. The fourth-order valence-electron chi connectivity index (χ4n) is 5.29. The topological polar surface area (TPSA) is 78.0 Å². The molecular weight excluding hydrogens is 386 g/mol. The number of aromatic nitrogens is 2. The summed E-state index contributed by atoms with van der Waals surface area (Å²) in [6, 6.07) is 11.8. The zero-order chi connectivity index (χ0) is 19.8. The number of H-pyrrole nitrogens is 1. The molecule has 29 heavy (non-hydrogen) atoms. The predicted octanol–water partition coefficient (Wildman–Crippen LogP) is 4.12. The molecule has 3 aromatic rings. The summed E-state index contributed by atoms with van der Waals surface area (Å²) in [5.74, 6) is 1.24. The molecule has 148 valence electrons. The average Bonchev–Trinajstić information content (AvgIpc) is 3.56. The van der Waals surface area contributed by atoms with Gasteiger partial charge in [-0.15, -0.1) is 0 Å². The lowest BCUT2D eigenvalue weighted by atomic mass is 9.86. The molecule has 3 N–H and O–H groups in total. The van der Waals surface area contributed by atoms with E-state index in [4.69, 9.17) is 11.6 Å². The number of fused-ring (bicyclic) bond motifs is 2. The van der Waals surface area contributed by atoms with Gasteiger partial charge in [-0.2, -0.15) is 5.10 Å². The number of rotatable bonds is 4. The highest BCUT2D eigenvalue weighted by Crippen LogP contribution is 2.60. The van der Waals surface area contributed by atoms with E-state index < -0.39 is 5.60 Å². The third kappa shape index (κ3) is 2.87. The van der Waals surface area contributed by atoms with Crippen LogP contribution in [0.2, 0.25) is 5.02 Å². The van der Waals surface area contributed by atoms with Gasteiger partial charge in [0.15, 0.2) is 0 Å². The number of aliphatic hydroxyl groups is 1. The van der Waals surface area contributed by atoms with Gasteiger partial charge >= 0.3 is 0 Å². The van der Waals surface area contributed by atoms with E-state index in [1.807, 2.05) is 30.3 Å². The van der Waals surface area contributed by atoms with E-state index in [1.165, 1.54) is 18.4 Å². The maximum absolute atomic E-state index is 12.7. The standard InChI is InChI=1S/C23H22ClN3O2/c24-15-7-19(18-11-25-27-20(18)8-15)23(29)9-16-17(10-23)21(16)26-22(28)14-3-1-2-13(6-14)12-4-5-12/h1-3,6-8,11-12,16-17,21,29H,4-5,9-10H2,(H,25,27)(H,26,28)/t16-,17+,21?,23+. The summed E-state index contributed by atoms with van der Waals surface area (Å²) in [6.07, 6.45) is 5.46. The summed E-state index contributed by atoms with van der Waals surface area (Å²) in [6.45, 7) is 0. The molecule has 6 heteroatoms. The fraction of sp³-hybridized carbons (Fsp3) is 0.391. The number of benzene rings is 2. The van der Waals surface area contributed by atoms with Crippen LogP contribution in [0.1, 0.15) is 53.1 Å². The van der Waals surface area contributed by atoms with Crippen LogP contribution in [0.25, 0.3) is 10.9 Å². The van der Waals surface area contributed by atoms with Crippen LogP contribution in [0.4, 0.5) is 0 Å². The predicted molar refractivity (Wildman–Crippen MR) is 111 cm³/mol. The van der Waals surface area contributed by atoms with Crippen molar-refractivity contribution < 1.29 is 9.90 Å². The number of nitrogens with one attached hydrogen (secondary N) is 2. The van der Waals surface area contributed by atoms with Crippen molar-refractivity contribution in [2.45, 2.75) is 43.2 Å². The summed E-state index contributed by atoms with van der Waals surface area (Å²) in [5, 5.41) is 23.1. The SMILES string of the molecule is O=C(NC1[C@H]2C[C@](O)(c3cc(Cl)cc4[nH]ncc34)C[C@@H]12)c1cccc(C2CC2)c1. The van der Waals surface area contributed by atoms with Gasteiger partial charge in [-0.05, 0) is 78.8 Å². The zero-order valence-corrected chi connectivity index (χ0v) is 16.6. The number of carbonyl (C=O) groups excluding carboxylic acids is 1. The van der Waals surface area contributed by atoms with E-state index in [2.05, 4.69) is 21.6 Å². The minimum atomic E-state index is -0.921. The molecule has 1 amide bonds. The third-order valence-corrected chi connectivity index (χ3v) is 7.22. The Bertz CT molecular complexity index is 1120. The maximum Gasteiger partial charge on any atom is 0.251 e. The highest BCUT2D eigenvalue weighted by Gasteiger charge is 2.62. The summed E-state index contributed by atoms with van der Waals surface area (Å²) in [5.41, 5.74) is 2.76. The summed E-state index contributed by atoms with van der Waals surface area (Å²) < 4.78 is 0. The van der Waals surface area contributed by atoms with Crippen molar-refractivity contribution in [3.05, 3.63) is 64.3 Å². The quantitative estimate of drug-likeness (QED) is 0.608. The highest BCUT2D eigenvalue weighted by atomic mass is 35.5. The van der Waals surface area contributed by atoms with Crippen molar-refractivity contribution in [3.63, 3.8) is 0 Å². The average molecular weight is 408 g/mol. The number of hydrogen-bond acceptors (Lipinski definition) is 3. The molecule has 6 rings (SSSR count). The molecule has 3 aliphatic rings. The van der Waals surface area contributed by atoms with Gasteiger partial charge in [0, 0.05) is 22.0 Å². The normalized spacial score (nSPS) is 30.3. The Labute approximate surface area is 173 Å². The number of halogens is 1. The van der Waals surface area contributed by atoms with Crippen molar-refractivity contribution in [2.75, 3.05) is 0 Å². The van der Waals surface area contributed by atoms with E-state index in [9.17, 15) is 9.90 Å². The second-order valence-electron chi connectivity index (χ2n) is 8.95. The molecule has 0 aliphatic heterocycles. The second kappa shape index (κ2) is 6.07. The van der Waals surface area contributed by atoms with Gasteiger partial charge in [-0.1, -0.05) is 23.7 Å². The lowest BCUT2D eigenvalue weighted by Gasteiger charge is -2.27. The van der Waals surface area contributed by atoms with E-state index in [-0.39, 0.29) is 11.9 Å². The first kappa shape index (κ1) is 17.5. The molecule has 0 spiro atoms. The first-order valence-corrected chi connectivity index (χ1v) is 10.7. The van der Waals surface area contributed by atoms with Crippen LogP contribution < -0.4 is 5.32 Å². The van der Waals surface area contributed by atoms with E-state index in [0.717, 1.165) is 22.0 Å². The lowest BCUT2D eigenvalue weighted by molar-refractivity contribution is 0.0293. The van der Waals surface area contributed by atoms with Gasteiger partial charge in [-0.25, -0.2) is 0 Å². The molecule has 1 heterocycles. The van der Waals surface area contributed by atoms with Crippen molar-refractivity contribution >= 4 is 28.4 Å². The van der Waals surface area contributed by atoms with Gasteiger partial charge in [0.1, 0.15) is 0 Å². The van der Waals surface area contributed by atoms with Crippen molar-refractivity contribution in [3.8, 4) is 0 Å². The minimum Gasteiger partial charge on any atom is -0.385 e. The molecule has 0 saturated heterocycles. The molecule has 3 saturated carbocycles. The number of hydrogen-bond donors (Lipinski definition) is 3. The van der Waals surface area contributed by atoms with Gasteiger partial charge in [0.25, 0.3) is 5.91 Å². The van der Waals surface area contributed by atoms with Crippen molar-refractivity contribution in [1.29, 1.82) is 0 Å². The monoisotopic (exact) mass is 407 g/mol. The highest BCUT2D eigenvalue weighted by molar-refractivity contribution is 6.31. The maximum atomic E-state index is 12.7. The Morgan fingerprint density at radius 1 is 1.21 bits per heavy atom. The Balaban J connectivity index is 1.17. The Kier molecular flexibility index (Phi) is 3.66. The van der Waals surface area contributed by atoms with Crippen LogP contribution in [0.15, 0.2) is 42.6 Å². The number of amides is 1. The third-order valence-electron chi connectivity index (χ3n) is 7.00. The number of carbonyl (C=O) groups is 1. The Morgan fingerprint density at radius 3 is 2.76 bits per heavy atom. The fourth-order valence-corrected chi connectivity index (χ4v) is 5.50. The van der Waals surface area contributed by atoms with E-state index in [1.54, 1.807) is 6.20 Å². The molecule has 3 fully saturated rings. The number of nitrogens with zero attached hydrogens (tertiary/aromatic N) is 1. The minimum absolute atomic E-state index is 0.00424. The molecule has 3 aliphatic carbocycles. The van der Waals surface area contributed by atoms with Gasteiger partial charge in [0.05, 0.1) is 17.3 Å². The van der Waals surface area contributed by atoms with Crippen LogP contribution in [-0.4, -0.2) is 27.3 Å². The summed E-state index contributed by atoms with van der Waals surface area (Å²) >= 11 is 6.26. The Hall–Kier alpha value is -2.37. The van der Waals surface area contributed by atoms with Gasteiger partial charge in [-0.3, -0.25) is 9.89 Å². The van der Waals surface area contributed by atoms with E-state index in [0.29, 0.717) is 35.6 Å². The van der Waals surface area contributed by atoms with Crippen LogP contribution in [0, 0.1) is 11.8 Å². The summed E-state index contributed by atoms with van der Waals surface area (Å²) in [7, 11) is 0. The van der Waals surface area contributed by atoms with Gasteiger partial charge in [0.2, 0.25) is 0 Å². The second-order valence-corrected chi connectivity index (χ2v) is 9.39. The largest absolute Gasteiger partial charge is 0.385 e. The summed E-state index contributed by atoms with van der Waals surface area (Å²) in [4.78, 5) is 12.7. The molecule has 2 aromatic carbocycles. The first-order chi connectivity index (χ1) is 14.0. The van der Waals surface area contributed by atoms with Crippen LogP contribution in [-0.2, 0) is 5.60 Å². The molecular formula is C23H22ClN3O2. The molecule has 4 atom stereocenters. The molecule has 5 nitrogen and oxygen atoms in total. The lowest BCUT2D eigenvalue weighted by Crippen LogP contribution is -2.33. The van der Waals surface area contributed by atoms with Crippen LogP contribution in [0.3, 0.4) is 0 Å². The van der Waals surface area contributed by atoms with E-state index >= 15 is 0 Å². The van der Waals surface area contributed by atoms with Crippen molar-refractivity contribution in [2.24, 2.45) is 11.8 Å². The smallest absolute Gasteiger partial charge is 0.251 e. The van der Waals surface area contributed by atoms with Crippen LogP contribution in [0.5, 0.6) is 0 Å². The molecule has 0 bridgehead atoms. The van der Waals surface area contributed by atoms with Gasteiger partial charge < -0.3 is 10.4 Å². The molecule has 0 radical (unpaired) electrons. The Morgan fingerprint density at radius 2 is 2.00 bits per heavy atom. The molecule has 1 unspecified atom stereocenters. The zero-order valence-electron chi connectivity index (χ0n) is 15.9.